The molecule has 2 rings (SSSR count). The fraction of sp³-hybridized carbons (Fsp3) is 0.400. The largest absolute Gasteiger partial charge is 0.317 e. The van der Waals surface area contributed by atoms with Crippen LogP contribution in [0.4, 0.5) is 0 Å². The van der Waals surface area contributed by atoms with Crippen LogP contribution in [0.1, 0.15) is 23.0 Å². The van der Waals surface area contributed by atoms with Gasteiger partial charge in [0.15, 0.2) is 0 Å². The third kappa shape index (κ3) is 2.19. The first-order valence-electron chi connectivity index (χ1n) is 5.16. The molecule has 17 heavy (non-hydrogen) atoms. The van der Waals surface area contributed by atoms with E-state index in [0.717, 1.165) is 0 Å². The van der Waals surface area contributed by atoms with Crippen molar-refractivity contribution in [3.05, 3.63) is 16.6 Å². The number of rotatable bonds is 2. The second-order valence-corrected chi connectivity index (χ2v) is 4.52. The van der Waals surface area contributed by atoms with Crippen LogP contribution in [0.15, 0.2) is 11.7 Å². The van der Waals surface area contributed by atoms with E-state index < -0.39 is 17.9 Å². The van der Waals surface area contributed by atoms with Gasteiger partial charge >= 0.3 is 0 Å². The Bertz CT molecular complexity index is 457. The lowest BCUT2D eigenvalue weighted by molar-refractivity contribution is -0.138. The van der Waals surface area contributed by atoms with Crippen molar-refractivity contribution < 1.29 is 14.4 Å². The molecule has 3 amide bonds. The van der Waals surface area contributed by atoms with Gasteiger partial charge in [0.2, 0.25) is 11.8 Å². The number of hydrogen-bond donors (Lipinski definition) is 1. The number of carbonyl (C=O) groups excluding carboxylic acids is 3. The van der Waals surface area contributed by atoms with Crippen LogP contribution in [0.2, 0.25) is 0 Å². The smallest absolute Gasteiger partial charge is 0.266 e. The van der Waals surface area contributed by atoms with Gasteiger partial charge in [0.25, 0.3) is 5.91 Å². The number of hydrogen-bond acceptors (Lipinski definition) is 5. The molecule has 1 N–H and O–H groups in total. The minimum absolute atomic E-state index is 0.0824. The molecule has 1 aromatic heterocycles. The normalized spacial score (nSPS) is 20.3. The average Bonchev–Trinajstić information content (AvgIpc) is 2.80. The zero-order valence-corrected chi connectivity index (χ0v) is 9.99. The van der Waals surface area contributed by atoms with E-state index in [9.17, 15) is 14.4 Å². The Balaban J connectivity index is 2.25. The SMILES string of the molecule is CCC1C(=O)NC(=O)CN1C(=O)c1cncs1. The van der Waals surface area contributed by atoms with Gasteiger partial charge in [-0.05, 0) is 6.42 Å². The summed E-state index contributed by atoms with van der Waals surface area (Å²) in [6.07, 6.45) is 1.92. The standard InChI is InChI=1S/C10H11N3O3S/c1-2-6-9(15)12-8(14)4-13(6)10(16)7-3-11-5-17-7/h3,5-6H,2,4H2,1H3,(H,12,14,15). The van der Waals surface area contributed by atoms with E-state index in [0.29, 0.717) is 11.3 Å². The van der Waals surface area contributed by atoms with Crippen molar-refractivity contribution in [1.29, 1.82) is 0 Å². The Morgan fingerprint density at radius 1 is 1.65 bits per heavy atom. The number of thiazole rings is 1. The molecule has 7 heteroatoms. The van der Waals surface area contributed by atoms with Gasteiger partial charge in [-0.3, -0.25) is 24.7 Å². The maximum absolute atomic E-state index is 12.1. The molecule has 1 atom stereocenters. The molecule has 0 bridgehead atoms. The second kappa shape index (κ2) is 4.62. The minimum Gasteiger partial charge on any atom is -0.317 e. The molecule has 90 valence electrons. The topological polar surface area (TPSA) is 79.4 Å². The van der Waals surface area contributed by atoms with E-state index in [1.807, 2.05) is 0 Å². The Kier molecular flexibility index (Phi) is 3.19. The summed E-state index contributed by atoms with van der Waals surface area (Å²) >= 11 is 1.19. The number of aromatic nitrogens is 1. The highest BCUT2D eigenvalue weighted by molar-refractivity contribution is 7.11. The second-order valence-electron chi connectivity index (χ2n) is 3.64. The molecule has 0 radical (unpaired) electrons. The number of amides is 3. The first-order valence-corrected chi connectivity index (χ1v) is 6.04. The van der Waals surface area contributed by atoms with Crippen LogP contribution < -0.4 is 5.32 Å². The molecular weight excluding hydrogens is 242 g/mol. The first-order chi connectivity index (χ1) is 8.13. The molecule has 1 aliphatic heterocycles. The number of nitrogens with one attached hydrogen (secondary N) is 1. The molecule has 6 nitrogen and oxygen atoms in total. The molecule has 1 aliphatic rings. The van der Waals surface area contributed by atoms with Gasteiger partial charge in [-0.15, -0.1) is 11.3 Å². The number of imide groups is 1. The molecule has 0 saturated carbocycles. The summed E-state index contributed by atoms with van der Waals surface area (Å²) in [6, 6.07) is -0.581. The zero-order chi connectivity index (χ0) is 12.4. The van der Waals surface area contributed by atoms with Gasteiger partial charge in [-0.25, -0.2) is 0 Å². The molecule has 0 spiro atoms. The average molecular weight is 253 g/mol. The minimum atomic E-state index is -0.581. The highest BCUT2D eigenvalue weighted by Crippen LogP contribution is 2.16. The lowest BCUT2D eigenvalue weighted by Gasteiger charge is -2.32. The van der Waals surface area contributed by atoms with E-state index in [4.69, 9.17) is 0 Å². The van der Waals surface area contributed by atoms with Crippen molar-refractivity contribution in [2.24, 2.45) is 0 Å². The highest BCUT2D eigenvalue weighted by Gasteiger charge is 2.36. The molecular formula is C10H11N3O3S. The van der Waals surface area contributed by atoms with E-state index in [1.54, 1.807) is 12.4 Å². The van der Waals surface area contributed by atoms with Gasteiger partial charge in [-0.1, -0.05) is 6.92 Å². The molecule has 0 aliphatic carbocycles. The van der Waals surface area contributed by atoms with Crippen LogP contribution in [0.5, 0.6) is 0 Å². The summed E-state index contributed by atoms with van der Waals surface area (Å²) in [7, 11) is 0. The molecule has 1 unspecified atom stereocenters. The lowest BCUT2D eigenvalue weighted by Crippen LogP contribution is -2.59. The van der Waals surface area contributed by atoms with Crippen LogP contribution in [0, 0.1) is 0 Å². The number of piperazine rings is 1. The van der Waals surface area contributed by atoms with Gasteiger partial charge in [-0.2, -0.15) is 0 Å². The third-order valence-electron chi connectivity index (χ3n) is 2.55. The Morgan fingerprint density at radius 3 is 3.00 bits per heavy atom. The van der Waals surface area contributed by atoms with Gasteiger partial charge in [0.1, 0.15) is 17.5 Å². The van der Waals surface area contributed by atoms with Crippen molar-refractivity contribution in [2.75, 3.05) is 6.54 Å². The van der Waals surface area contributed by atoms with Crippen molar-refractivity contribution in [2.45, 2.75) is 19.4 Å². The van der Waals surface area contributed by atoms with Gasteiger partial charge in [0.05, 0.1) is 11.7 Å². The quantitative estimate of drug-likeness (QED) is 0.754. The van der Waals surface area contributed by atoms with Crippen LogP contribution in [-0.4, -0.2) is 40.2 Å². The van der Waals surface area contributed by atoms with Crippen LogP contribution in [-0.2, 0) is 9.59 Å². The van der Waals surface area contributed by atoms with E-state index >= 15 is 0 Å². The van der Waals surface area contributed by atoms with Gasteiger partial charge in [0, 0.05) is 0 Å². The Labute approximate surface area is 102 Å². The van der Waals surface area contributed by atoms with E-state index in [-0.39, 0.29) is 12.5 Å². The Hall–Kier alpha value is -1.76. The molecule has 2 heterocycles. The van der Waals surface area contributed by atoms with E-state index in [2.05, 4.69) is 10.3 Å². The van der Waals surface area contributed by atoms with Crippen LogP contribution in [0.3, 0.4) is 0 Å². The summed E-state index contributed by atoms with van der Waals surface area (Å²) in [5.41, 5.74) is 1.54. The highest BCUT2D eigenvalue weighted by atomic mass is 32.1. The molecule has 1 saturated heterocycles. The first kappa shape index (κ1) is 11.7. The van der Waals surface area contributed by atoms with Crippen molar-refractivity contribution in [3.8, 4) is 0 Å². The fourth-order valence-corrected chi connectivity index (χ4v) is 2.32. The summed E-state index contributed by atoms with van der Waals surface area (Å²) < 4.78 is 0. The molecule has 1 aromatic rings. The van der Waals surface area contributed by atoms with Crippen molar-refractivity contribution in [3.63, 3.8) is 0 Å². The summed E-state index contributed by atoms with van der Waals surface area (Å²) in [4.78, 5) is 40.5. The van der Waals surface area contributed by atoms with Crippen LogP contribution in [0.25, 0.3) is 0 Å². The monoisotopic (exact) mass is 253 g/mol. The van der Waals surface area contributed by atoms with E-state index in [1.165, 1.54) is 22.4 Å². The summed E-state index contributed by atoms with van der Waals surface area (Å²) in [5.74, 6) is -1.18. The van der Waals surface area contributed by atoms with Crippen LogP contribution >= 0.6 is 11.3 Å². The van der Waals surface area contributed by atoms with Crippen molar-refractivity contribution >= 4 is 29.1 Å². The summed E-state index contributed by atoms with van der Waals surface area (Å²) in [5, 5.41) is 2.23. The predicted octanol–water partition coefficient (Wildman–Crippen LogP) is 0.0203. The third-order valence-corrected chi connectivity index (χ3v) is 3.31. The molecule has 0 aromatic carbocycles. The number of carbonyl (C=O) groups is 3. The predicted molar refractivity (Wildman–Crippen MR) is 60.4 cm³/mol. The fourth-order valence-electron chi connectivity index (χ4n) is 1.75. The Morgan fingerprint density at radius 2 is 2.41 bits per heavy atom. The molecule has 1 fully saturated rings. The maximum Gasteiger partial charge on any atom is 0.266 e. The van der Waals surface area contributed by atoms with Gasteiger partial charge < -0.3 is 4.90 Å². The summed E-state index contributed by atoms with van der Waals surface area (Å²) in [6.45, 7) is 1.72. The van der Waals surface area contributed by atoms with Crippen molar-refractivity contribution in [1.82, 2.24) is 15.2 Å². The lowest BCUT2D eigenvalue weighted by atomic mass is 10.1. The zero-order valence-electron chi connectivity index (χ0n) is 9.17. The maximum atomic E-state index is 12.1. The number of nitrogens with zero attached hydrogens (tertiary/aromatic N) is 2.